The Morgan fingerprint density at radius 3 is 2.33 bits per heavy atom. The zero-order chi connectivity index (χ0) is 22.8. The molecule has 0 spiro atoms. The molecule has 5 aromatic rings. The molecule has 5 rings (SSSR count). The van der Waals surface area contributed by atoms with Crippen LogP contribution < -0.4 is 14.8 Å². The van der Waals surface area contributed by atoms with Gasteiger partial charge in [-0.3, -0.25) is 0 Å². The highest BCUT2D eigenvalue weighted by Crippen LogP contribution is 2.37. The maximum atomic E-state index is 6.12. The topological polar surface area (TPSA) is 61.2 Å². The maximum absolute atomic E-state index is 6.12. The monoisotopic (exact) mass is 456 g/mol. The first-order valence-corrected chi connectivity index (χ1v) is 10.7. The van der Waals surface area contributed by atoms with E-state index in [9.17, 15) is 0 Å². The highest BCUT2D eigenvalue weighted by atomic mass is 35.5. The van der Waals surface area contributed by atoms with Gasteiger partial charge in [0, 0.05) is 34.2 Å². The molecule has 0 saturated heterocycles. The fraction of sp³-hybridized carbons (Fsp3) is 0.0769. The van der Waals surface area contributed by atoms with E-state index in [1.807, 2.05) is 60.7 Å². The van der Waals surface area contributed by atoms with E-state index < -0.39 is 0 Å². The van der Waals surface area contributed by atoms with Crippen LogP contribution in [0.3, 0.4) is 0 Å². The predicted octanol–water partition coefficient (Wildman–Crippen LogP) is 6.50. The molecule has 0 aliphatic carbocycles. The van der Waals surface area contributed by atoms with E-state index in [1.54, 1.807) is 20.5 Å². The summed E-state index contributed by atoms with van der Waals surface area (Å²) < 4.78 is 12.9. The molecule has 0 amide bonds. The Kier molecular flexibility index (Phi) is 5.59. The zero-order valence-corrected chi connectivity index (χ0v) is 18.9. The number of nitrogens with zero attached hydrogens (tertiary/aromatic N) is 3. The summed E-state index contributed by atoms with van der Waals surface area (Å²) >= 11 is 6.12. The normalized spacial score (nSPS) is 10.9. The number of halogens is 1. The number of methoxy groups -OCH3 is 2. The molecule has 2 aromatic heterocycles. The van der Waals surface area contributed by atoms with Crippen LogP contribution in [-0.4, -0.2) is 28.8 Å². The molecule has 7 heteroatoms. The zero-order valence-electron chi connectivity index (χ0n) is 18.1. The molecule has 0 radical (unpaired) electrons. The molecule has 0 bridgehead atoms. The summed E-state index contributed by atoms with van der Waals surface area (Å²) in [5.74, 6) is 1.99. The average Bonchev–Trinajstić information content (AvgIpc) is 3.26. The third-order valence-electron chi connectivity index (χ3n) is 5.42. The Labute approximate surface area is 196 Å². The van der Waals surface area contributed by atoms with Gasteiger partial charge in [0.15, 0.2) is 17.1 Å². The van der Waals surface area contributed by atoms with Crippen molar-refractivity contribution in [1.29, 1.82) is 0 Å². The van der Waals surface area contributed by atoms with Crippen LogP contribution in [0.25, 0.3) is 27.8 Å². The maximum Gasteiger partial charge on any atom is 0.162 e. The lowest BCUT2D eigenvalue weighted by molar-refractivity contribution is 0.355. The molecule has 0 atom stereocenters. The summed E-state index contributed by atoms with van der Waals surface area (Å²) in [4.78, 5) is 9.20. The van der Waals surface area contributed by atoms with E-state index in [2.05, 4.69) is 38.2 Å². The van der Waals surface area contributed by atoms with Gasteiger partial charge in [0.2, 0.25) is 0 Å². The van der Waals surface area contributed by atoms with Gasteiger partial charge in [0.25, 0.3) is 0 Å². The molecular formula is C26H21ClN4O2. The lowest BCUT2D eigenvalue weighted by Crippen LogP contribution is -1.99. The number of anilines is 2. The van der Waals surface area contributed by atoms with Gasteiger partial charge < -0.3 is 19.4 Å². The quantitative estimate of drug-likeness (QED) is 0.316. The van der Waals surface area contributed by atoms with Gasteiger partial charge in [-0.05, 0) is 42.0 Å². The molecule has 0 aliphatic heterocycles. The molecule has 0 unspecified atom stereocenters. The smallest absolute Gasteiger partial charge is 0.162 e. The Balaban J connectivity index is 1.69. The Bertz CT molecular complexity index is 1420. The van der Waals surface area contributed by atoms with E-state index in [0.29, 0.717) is 22.3 Å². The molecule has 3 aromatic carbocycles. The molecule has 0 saturated carbocycles. The Hall–Kier alpha value is -4.03. The third-order valence-corrected chi connectivity index (χ3v) is 5.67. The van der Waals surface area contributed by atoms with E-state index >= 15 is 0 Å². The van der Waals surface area contributed by atoms with E-state index in [-0.39, 0.29) is 0 Å². The molecule has 1 N–H and O–H groups in total. The second kappa shape index (κ2) is 8.84. The fourth-order valence-corrected chi connectivity index (χ4v) is 3.97. The lowest BCUT2D eigenvalue weighted by atomic mass is 10.1. The molecule has 2 heterocycles. The van der Waals surface area contributed by atoms with Gasteiger partial charge in [0.05, 0.1) is 19.6 Å². The van der Waals surface area contributed by atoms with Crippen LogP contribution in [0.15, 0.2) is 85.3 Å². The molecule has 0 aliphatic rings. The number of hydrogen-bond donors (Lipinski definition) is 1. The van der Waals surface area contributed by atoms with Crippen molar-refractivity contribution in [3.8, 4) is 28.3 Å². The second-order valence-electron chi connectivity index (χ2n) is 7.37. The summed E-state index contributed by atoms with van der Waals surface area (Å²) in [5.41, 5.74) is 4.66. The Morgan fingerprint density at radius 1 is 0.848 bits per heavy atom. The standard InChI is InChI=1S/C26H21ClN4O2/c1-32-22-13-10-19(14-23(22)33-2)30-25-24-21(17-6-4-3-5-7-17)15-31(26(24)29-16-28-25)20-11-8-18(27)9-12-20/h3-16H,1-2H3,(H,28,29,30). The van der Waals surface area contributed by atoms with Crippen molar-refractivity contribution in [2.45, 2.75) is 0 Å². The summed E-state index contributed by atoms with van der Waals surface area (Å²) in [6.45, 7) is 0. The van der Waals surface area contributed by atoms with Crippen LogP contribution in [0.5, 0.6) is 11.5 Å². The first kappa shape index (κ1) is 20.8. The SMILES string of the molecule is COc1ccc(Nc2ncnc3c2c(-c2ccccc2)cn3-c2ccc(Cl)cc2)cc1OC. The Morgan fingerprint density at radius 2 is 1.61 bits per heavy atom. The van der Waals surface area contributed by atoms with Gasteiger partial charge in [-0.25, -0.2) is 9.97 Å². The summed E-state index contributed by atoms with van der Waals surface area (Å²) in [6, 6.07) is 23.5. The average molecular weight is 457 g/mol. The first-order valence-electron chi connectivity index (χ1n) is 10.3. The van der Waals surface area contributed by atoms with Crippen LogP contribution in [-0.2, 0) is 0 Å². The van der Waals surface area contributed by atoms with Gasteiger partial charge in [-0.2, -0.15) is 0 Å². The van der Waals surface area contributed by atoms with Crippen LogP contribution in [0.2, 0.25) is 5.02 Å². The molecule has 164 valence electrons. The van der Waals surface area contributed by atoms with Gasteiger partial charge in [-0.15, -0.1) is 0 Å². The van der Waals surface area contributed by atoms with Crippen molar-refractivity contribution in [2.75, 3.05) is 19.5 Å². The number of aromatic nitrogens is 3. The van der Waals surface area contributed by atoms with Crippen LogP contribution in [0, 0.1) is 0 Å². The van der Waals surface area contributed by atoms with Gasteiger partial charge in [0.1, 0.15) is 12.1 Å². The number of ether oxygens (including phenoxy) is 2. The lowest BCUT2D eigenvalue weighted by Gasteiger charge is -2.12. The van der Waals surface area contributed by atoms with Crippen molar-refractivity contribution in [3.63, 3.8) is 0 Å². The van der Waals surface area contributed by atoms with E-state index in [1.165, 1.54) is 0 Å². The van der Waals surface area contributed by atoms with Crippen molar-refractivity contribution in [3.05, 3.63) is 90.3 Å². The second-order valence-corrected chi connectivity index (χ2v) is 7.81. The van der Waals surface area contributed by atoms with Crippen LogP contribution in [0.4, 0.5) is 11.5 Å². The first-order chi connectivity index (χ1) is 16.2. The fourth-order valence-electron chi connectivity index (χ4n) is 3.84. The molecule has 0 fully saturated rings. The number of hydrogen-bond acceptors (Lipinski definition) is 5. The highest BCUT2D eigenvalue weighted by Gasteiger charge is 2.18. The van der Waals surface area contributed by atoms with E-state index in [0.717, 1.165) is 33.5 Å². The number of fused-ring (bicyclic) bond motifs is 1. The molecule has 6 nitrogen and oxygen atoms in total. The number of rotatable bonds is 6. The summed E-state index contributed by atoms with van der Waals surface area (Å²) in [6.07, 6.45) is 3.64. The highest BCUT2D eigenvalue weighted by molar-refractivity contribution is 6.30. The largest absolute Gasteiger partial charge is 0.493 e. The minimum atomic E-state index is 0.634. The number of benzene rings is 3. The van der Waals surface area contributed by atoms with Gasteiger partial charge >= 0.3 is 0 Å². The third kappa shape index (κ3) is 3.97. The van der Waals surface area contributed by atoms with Crippen molar-refractivity contribution < 1.29 is 9.47 Å². The number of nitrogens with one attached hydrogen (secondary N) is 1. The van der Waals surface area contributed by atoms with Gasteiger partial charge in [-0.1, -0.05) is 41.9 Å². The predicted molar refractivity (Wildman–Crippen MR) is 132 cm³/mol. The van der Waals surface area contributed by atoms with Crippen molar-refractivity contribution >= 4 is 34.1 Å². The molecule has 33 heavy (non-hydrogen) atoms. The summed E-state index contributed by atoms with van der Waals surface area (Å²) in [7, 11) is 3.23. The minimum Gasteiger partial charge on any atom is -0.493 e. The summed E-state index contributed by atoms with van der Waals surface area (Å²) in [5, 5.41) is 5.03. The van der Waals surface area contributed by atoms with Crippen LogP contribution >= 0.6 is 11.6 Å². The van der Waals surface area contributed by atoms with Crippen molar-refractivity contribution in [1.82, 2.24) is 14.5 Å². The van der Waals surface area contributed by atoms with E-state index in [4.69, 9.17) is 21.1 Å². The molecular weight excluding hydrogens is 436 g/mol. The minimum absolute atomic E-state index is 0.634. The van der Waals surface area contributed by atoms with Crippen molar-refractivity contribution in [2.24, 2.45) is 0 Å². The van der Waals surface area contributed by atoms with Crippen LogP contribution in [0.1, 0.15) is 0 Å².